The van der Waals surface area contributed by atoms with Crippen molar-refractivity contribution in [2.75, 3.05) is 7.05 Å². The molecule has 0 bridgehead atoms. The minimum atomic E-state index is -0.662. The summed E-state index contributed by atoms with van der Waals surface area (Å²) < 4.78 is 0. The summed E-state index contributed by atoms with van der Waals surface area (Å²) in [6.07, 6.45) is 1.96. The summed E-state index contributed by atoms with van der Waals surface area (Å²) in [5.41, 5.74) is 0. The maximum absolute atomic E-state index is 11.1. The Morgan fingerprint density at radius 2 is 2.25 bits per heavy atom. The van der Waals surface area contributed by atoms with Crippen LogP contribution in [-0.4, -0.2) is 23.9 Å². The smallest absolute Gasteiger partial charge is 0.229 e. The van der Waals surface area contributed by atoms with E-state index in [4.69, 9.17) is 0 Å². The predicted octanol–water partition coefficient (Wildman–Crippen LogP) is 0.178. The van der Waals surface area contributed by atoms with E-state index in [0.717, 1.165) is 6.42 Å². The van der Waals surface area contributed by atoms with Crippen LogP contribution in [0.25, 0.3) is 0 Å². The largest absolute Gasteiger partial charge is 0.359 e. The van der Waals surface area contributed by atoms with Gasteiger partial charge in [0.1, 0.15) is 5.92 Å². The second-order valence-electron chi connectivity index (χ2n) is 3.00. The van der Waals surface area contributed by atoms with Crippen LogP contribution in [0.5, 0.6) is 0 Å². The number of nitro groups is 1. The lowest BCUT2D eigenvalue weighted by Crippen LogP contribution is -2.36. The maximum atomic E-state index is 11.1. The summed E-state index contributed by atoms with van der Waals surface area (Å²) in [7, 11) is 1.51. The highest BCUT2D eigenvalue weighted by Gasteiger charge is 2.40. The van der Waals surface area contributed by atoms with Gasteiger partial charge in [-0.3, -0.25) is 14.9 Å². The molecule has 0 radical (unpaired) electrons. The zero-order chi connectivity index (χ0) is 9.14. The fraction of sp³-hybridized carbons (Fsp3) is 0.857. The van der Waals surface area contributed by atoms with E-state index in [1.807, 2.05) is 0 Å². The van der Waals surface area contributed by atoms with E-state index in [1.165, 1.54) is 7.05 Å². The van der Waals surface area contributed by atoms with Gasteiger partial charge in [0.05, 0.1) is 0 Å². The number of carbonyl (C=O) groups is 1. The molecule has 1 fully saturated rings. The normalized spacial score (nSPS) is 28.4. The van der Waals surface area contributed by atoms with Crippen molar-refractivity contribution in [2.24, 2.45) is 5.92 Å². The summed E-state index contributed by atoms with van der Waals surface area (Å²) in [4.78, 5) is 21.2. The van der Waals surface area contributed by atoms with Gasteiger partial charge in [0.15, 0.2) is 0 Å². The average Bonchev–Trinajstić information content (AvgIpc) is 2.50. The molecule has 0 aromatic carbocycles. The van der Waals surface area contributed by atoms with Crippen molar-refractivity contribution in [2.45, 2.75) is 25.3 Å². The number of amides is 1. The van der Waals surface area contributed by atoms with Crippen LogP contribution in [0.15, 0.2) is 0 Å². The Bertz CT molecular complexity index is 205. The zero-order valence-electron chi connectivity index (χ0n) is 6.95. The van der Waals surface area contributed by atoms with Crippen molar-refractivity contribution in [1.82, 2.24) is 5.32 Å². The topological polar surface area (TPSA) is 72.2 Å². The Hall–Kier alpha value is -1.13. The molecule has 1 amide bonds. The van der Waals surface area contributed by atoms with Crippen LogP contribution in [0.4, 0.5) is 0 Å². The van der Waals surface area contributed by atoms with Gasteiger partial charge in [0.2, 0.25) is 11.9 Å². The van der Waals surface area contributed by atoms with Gasteiger partial charge in [-0.1, -0.05) is 0 Å². The SMILES string of the molecule is CNC(=O)C1CCCC1[N+](=O)[O-]. The minimum absolute atomic E-state index is 0.200. The first kappa shape index (κ1) is 8.96. The summed E-state index contributed by atoms with van der Waals surface area (Å²) >= 11 is 0. The van der Waals surface area contributed by atoms with Crippen LogP contribution < -0.4 is 5.32 Å². The molecule has 5 heteroatoms. The van der Waals surface area contributed by atoms with Crippen molar-refractivity contribution in [3.8, 4) is 0 Å². The standard InChI is InChI=1S/C7H12N2O3/c1-8-7(10)5-3-2-4-6(5)9(11)12/h5-6H,2-4H2,1H3,(H,8,10). The van der Waals surface area contributed by atoms with E-state index >= 15 is 0 Å². The predicted molar refractivity (Wildman–Crippen MR) is 42.2 cm³/mol. The second kappa shape index (κ2) is 3.51. The molecule has 5 nitrogen and oxygen atoms in total. The molecular weight excluding hydrogens is 160 g/mol. The first-order valence-electron chi connectivity index (χ1n) is 4.02. The molecule has 0 spiro atoms. The Labute approximate surface area is 70.3 Å². The molecule has 2 unspecified atom stereocenters. The number of rotatable bonds is 2. The number of hydrogen-bond acceptors (Lipinski definition) is 3. The fourth-order valence-corrected chi connectivity index (χ4v) is 1.68. The molecule has 0 aromatic heterocycles. The highest BCUT2D eigenvalue weighted by atomic mass is 16.6. The molecular formula is C7H12N2O3. The maximum Gasteiger partial charge on any atom is 0.229 e. The van der Waals surface area contributed by atoms with Gasteiger partial charge in [-0.05, 0) is 12.8 Å². The number of nitrogens with zero attached hydrogens (tertiary/aromatic N) is 1. The van der Waals surface area contributed by atoms with E-state index in [1.54, 1.807) is 0 Å². The Kier molecular flexibility index (Phi) is 2.62. The van der Waals surface area contributed by atoms with Crippen molar-refractivity contribution in [3.63, 3.8) is 0 Å². The van der Waals surface area contributed by atoms with E-state index in [9.17, 15) is 14.9 Å². The molecule has 0 saturated heterocycles. The molecule has 1 N–H and O–H groups in total. The first-order valence-corrected chi connectivity index (χ1v) is 4.02. The van der Waals surface area contributed by atoms with Gasteiger partial charge in [0.25, 0.3) is 0 Å². The number of carbonyl (C=O) groups excluding carboxylic acids is 1. The molecule has 1 saturated carbocycles. The Morgan fingerprint density at radius 3 is 2.75 bits per heavy atom. The lowest BCUT2D eigenvalue weighted by atomic mass is 10.0. The summed E-state index contributed by atoms with van der Waals surface area (Å²) in [6.45, 7) is 0. The van der Waals surface area contributed by atoms with Gasteiger partial charge >= 0.3 is 0 Å². The van der Waals surface area contributed by atoms with Crippen LogP contribution >= 0.6 is 0 Å². The fourth-order valence-electron chi connectivity index (χ4n) is 1.68. The van der Waals surface area contributed by atoms with Gasteiger partial charge in [0, 0.05) is 18.4 Å². The van der Waals surface area contributed by atoms with Gasteiger partial charge in [-0.25, -0.2) is 0 Å². The van der Waals surface area contributed by atoms with Crippen LogP contribution in [-0.2, 0) is 4.79 Å². The third-order valence-corrected chi connectivity index (χ3v) is 2.33. The van der Waals surface area contributed by atoms with Crippen molar-refractivity contribution < 1.29 is 9.72 Å². The van der Waals surface area contributed by atoms with E-state index in [2.05, 4.69) is 5.32 Å². The Morgan fingerprint density at radius 1 is 1.58 bits per heavy atom. The van der Waals surface area contributed by atoms with Crippen LogP contribution in [0.2, 0.25) is 0 Å². The summed E-state index contributed by atoms with van der Waals surface area (Å²) in [5.74, 6) is -0.612. The number of hydrogen-bond donors (Lipinski definition) is 1. The van der Waals surface area contributed by atoms with Gasteiger partial charge < -0.3 is 5.32 Å². The van der Waals surface area contributed by atoms with E-state index < -0.39 is 12.0 Å². The minimum Gasteiger partial charge on any atom is -0.359 e. The molecule has 0 aliphatic heterocycles. The third-order valence-electron chi connectivity index (χ3n) is 2.33. The molecule has 0 heterocycles. The molecule has 1 aliphatic carbocycles. The van der Waals surface area contributed by atoms with Crippen LogP contribution in [0, 0.1) is 16.0 Å². The highest BCUT2D eigenvalue weighted by molar-refractivity contribution is 5.79. The monoisotopic (exact) mass is 172 g/mol. The molecule has 1 rings (SSSR count). The lowest BCUT2D eigenvalue weighted by Gasteiger charge is -2.10. The van der Waals surface area contributed by atoms with Crippen LogP contribution in [0.1, 0.15) is 19.3 Å². The first-order chi connectivity index (χ1) is 5.66. The molecule has 0 aromatic rings. The molecule has 12 heavy (non-hydrogen) atoms. The summed E-state index contributed by atoms with van der Waals surface area (Å²) in [6, 6.07) is -0.662. The highest BCUT2D eigenvalue weighted by Crippen LogP contribution is 2.27. The third kappa shape index (κ3) is 1.54. The number of nitrogens with one attached hydrogen (secondary N) is 1. The van der Waals surface area contributed by atoms with Gasteiger partial charge in [-0.2, -0.15) is 0 Å². The van der Waals surface area contributed by atoms with Crippen LogP contribution in [0.3, 0.4) is 0 Å². The van der Waals surface area contributed by atoms with Crippen molar-refractivity contribution in [1.29, 1.82) is 0 Å². The zero-order valence-corrected chi connectivity index (χ0v) is 6.95. The van der Waals surface area contributed by atoms with Crippen molar-refractivity contribution in [3.05, 3.63) is 10.1 Å². The Balaban J connectivity index is 2.63. The molecule has 68 valence electrons. The average molecular weight is 172 g/mol. The second-order valence-corrected chi connectivity index (χ2v) is 3.00. The molecule has 2 atom stereocenters. The summed E-state index contributed by atoms with van der Waals surface area (Å²) in [5, 5.41) is 12.9. The quantitative estimate of drug-likeness (QED) is 0.477. The van der Waals surface area contributed by atoms with E-state index in [-0.39, 0.29) is 10.8 Å². The van der Waals surface area contributed by atoms with Crippen molar-refractivity contribution >= 4 is 5.91 Å². The molecule has 1 aliphatic rings. The lowest BCUT2D eigenvalue weighted by molar-refractivity contribution is -0.525. The van der Waals surface area contributed by atoms with Gasteiger partial charge in [-0.15, -0.1) is 0 Å². The van der Waals surface area contributed by atoms with E-state index in [0.29, 0.717) is 12.8 Å².